The average Bonchev–Trinajstić information content (AvgIpc) is 3.28. The molecule has 0 spiro atoms. The molecule has 4 rings (SSSR count). The maximum absolute atomic E-state index is 12.8. The number of nitrogens with zero attached hydrogens (tertiary/aromatic N) is 7. The van der Waals surface area contributed by atoms with Gasteiger partial charge in [0, 0.05) is 12.1 Å². The molecule has 0 aromatic carbocycles. The molecule has 4 aromatic rings. The quantitative estimate of drug-likeness (QED) is 0.513. The lowest BCUT2D eigenvalue weighted by Gasteiger charge is -2.12. The van der Waals surface area contributed by atoms with Crippen molar-refractivity contribution in [1.82, 2.24) is 34.0 Å². The van der Waals surface area contributed by atoms with Crippen molar-refractivity contribution in [3.8, 4) is 0 Å². The minimum atomic E-state index is -4.46. The van der Waals surface area contributed by atoms with Gasteiger partial charge in [-0.1, -0.05) is 13.8 Å². The van der Waals surface area contributed by atoms with E-state index in [0.29, 0.717) is 11.3 Å². The summed E-state index contributed by atoms with van der Waals surface area (Å²) >= 11 is 0. The van der Waals surface area contributed by atoms with Crippen LogP contribution in [-0.4, -0.2) is 46.1 Å². The number of carbonyl (C=O) groups is 1. The first-order chi connectivity index (χ1) is 14.6. The molecule has 1 N–H and O–H groups in total. The van der Waals surface area contributed by atoms with Crippen LogP contribution in [0.3, 0.4) is 0 Å². The molecule has 162 valence electrons. The third kappa shape index (κ3) is 4.25. The molecule has 31 heavy (non-hydrogen) atoms. The molecular weight excluding hydrogens is 417 g/mol. The molecule has 0 fully saturated rings. The number of pyridine rings is 1. The second-order valence-electron chi connectivity index (χ2n) is 7.26. The Morgan fingerprint density at radius 3 is 2.71 bits per heavy atom. The summed E-state index contributed by atoms with van der Waals surface area (Å²) in [6.45, 7) is 3.10. The predicted molar refractivity (Wildman–Crippen MR) is 103 cm³/mol. The van der Waals surface area contributed by atoms with E-state index in [4.69, 9.17) is 0 Å². The van der Waals surface area contributed by atoms with Crippen molar-refractivity contribution in [2.75, 3.05) is 5.32 Å². The van der Waals surface area contributed by atoms with Gasteiger partial charge in [-0.2, -0.15) is 23.4 Å². The number of hydrogen-bond donors (Lipinski definition) is 1. The number of nitrogens with one attached hydrogen (secondary N) is 1. The molecule has 4 heterocycles. The van der Waals surface area contributed by atoms with Crippen molar-refractivity contribution in [1.29, 1.82) is 0 Å². The smallest absolute Gasteiger partial charge is 0.323 e. The molecule has 13 heteroatoms. The van der Waals surface area contributed by atoms with E-state index >= 15 is 0 Å². The fourth-order valence-corrected chi connectivity index (χ4v) is 3.10. The maximum Gasteiger partial charge on any atom is 0.394 e. The van der Waals surface area contributed by atoms with Gasteiger partial charge in [-0.05, 0) is 18.2 Å². The third-order valence-electron chi connectivity index (χ3n) is 4.42. The van der Waals surface area contributed by atoms with Gasteiger partial charge in [-0.3, -0.25) is 14.0 Å². The maximum atomic E-state index is 12.8. The van der Waals surface area contributed by atoms with Gasteiger partial charge in [-0.25, -0.2) is 9.20 Å². The molecule has 0 unspecified atom stereocenters. The Morgan fingerprint density at radius 2 is 2.00 bits per heavy atom. The first-order valence-corrected chi connectivity index (χ1v) is 9.26. The van der Waals surface area contributed by atoms with Gasteiger partial charge < -0.3 is 5.32 Å². The molecule has 0 atom stereocenters. The first kappa shape index (κ1) is 20.5. The number of carbonyl (C=O) groups excluding carboxylic acids is 1. The molecule has 1 amide bonds. The average molecular weight is 434 g/mol. The van der Waals surface area contributed by atoms with E-state index in [-0.39, 0.29) is 23.0 Å². The zero-order valence-electron chi connectivity index (χ0n) is 16.5. The largest absolute Gasteiger partial charge is 0.394 e. The number of amides is 1. The van der Waals surface area contributed by atoms with Crippen molar-refractivity contribution < 1.29 is 18.0 Å². The zero-order chi connectivity index (χ0) is 22.3. The van der Waals surface area contributed by atoms with Crippen molar-refractivity contribution in [2.45, 2.75) is 38.9 Å². The highest BCUT2D eigenvalue weighted by Gasteiger charge is 2.30. The van der Waals surface area contributed by atoms with Crippen LogP contribution in [0.15, 0.2) is 35.5 Å². The molecule has 0 aliphatic heterocycles. The number of halogens is 3. The Morgan fingerprint density at radius 1 is 1.23 bits per heavy atom. The number of aromatic nitrogens is 7. The van der Waals surface area contributed by atoms with Crippen LogP contribution in [0, 0.1) is 0 Å². The lowest BCUT2D eigenvalue weighted by Crippen LogP contribution is -2.32. The van der Waals surface area contributed by atoms with Crippen LogP contribution in [-0.2, 0) is 17.8 Å². The van der Waals surface area contributed by atoms with Crippen LogP contribution in [0.2, 0.25) is 0 Å². The SMILES string of the molecule is CC(C)c1nn(CC(=O)Nc2ccc3nncn3c2)c(=O)c2cc(CC(F)(F)F)nn12. The van der Waals surface area contributed by atoms with Crippen LogP contribution >= 0.6 is 0 Å². The summed E-state index contributed by atoms with van der Waals surface area (Å²) in [4.78, 5) is 25.3. The molecule has 0 radical (unpaired) electrons. The Labute approximate surface area is 172 Å². The lowest BCUT2D eigenvalue weighted by atomic mass is 10.2. The normalized spacial score (nSPS) is 12.2. The molecule has 0 saturated heterocycles. The van der Waals surface area contributed by atoms with E-state index in [9.17, 15) is 22.8 Å². The fourth-order valence-electron chi connectivity index (χ4n) is 3.10. The molecular formula is C18H17F3N8O2. The van der Waals surface area contributed by atoms with E-state index in [1.807, 2.05) is 0 Å². The highest BCUT2D eigenvalue weighted by Crippen LogP contribution is 2.21. The van der Waals surface area contributed by atoms with Crippen LogP contribution in [0.4, 0.5) is 18.9 Å². The van der Waals surface area contributed by atoms with Crippen molar-refractivity contribution in [3.05, 3.63) is 52.6 Å². The summed E-state index contributed by atoms with van der Waals surface area (Å²) in [6, 6.07) is 4.36. The molecule has 0 saturated carbocycles. The lowest BCUT2D eigenvalue weighted by molar-refractivity contribution is -0.127. The minimum absolute atomic E-state index is 0.0725. The van der Waals surface area contributed by atoms with Gasteiger partial charge in [0.15, 0.2) is 11.5 Å². The number of alkyl halides is 3. The number of rotatable bonds is 5. The van der Waals surface area contributed by atoms with Crippen LogP contribution in [0.5, 0.6) is 0 Å². The molecule has 10 nitrogen and oxygen atoms in total. The first-order valence-electron chi connectivity index (χ1n) is 9.26. The van der Waals surface area contributed by atoms with Crippen molar-refractivity contribution in [3.63, 3.8) is 0 Å². The van der Waals surface area contributed by atoms with Crippen molar-refractivity contribution >= 4 is 22.8 Å². The van der Waals surface area contributed by atoms with Gasteiger partial charge in [0.1, 0.15) is 18.4 Å². The van der Waals surface area contributed by atoms with Gasteiger partial charge in [0.2, 0.25) is 5.91 Å². The highest BCUT2D eigenvalue weighted by atomic mass is 19.4. The summed E-state index contributed by atoms with van der Waals surface area (Å²) in [5.74, 6) is -0.523. The van der Waals surface area contributed by atoms with Gasteiger partial charge in [-0.15, -0.1) is 10.2 Å². The van der Waals surface area contributed by atoms with E-state index in [1.54, 1.807) is 36.6 Å². The Hall–Kier alpha value is -3.77. The van der Waals surface area contributed by atoms with Gasteiger partial charge >= 0.3 is 6.18 Å². The number of hydrogen-bond acceptors (Lipinski definition) is 6. The van der Waals surface area contributed by atoms with Crippen LogP contribution < -0.4 is 10.9 Å². The van der Waals surface area contributed by atoms with Crippen LogP contribution in [0.25, 0.3) is 11.2 Å². The second kappa shape index (κ2) is 7.49. The highest BCUT2D eigenvalue weighted by molar-refractivity contribution is 5.90. The van der Waals surface area contributed by atoms with E-state index < -0.39 is 30.6 Å². The Kier molecular flexibility index (Phi) is 4.95. The van der Waals surface area contributed by atoms with E-state index in [0.717, 1.165) is 15.3 Å². The monoisotopic (exact) mass is 434 g/mol. The van der Waals surface area contributed by atoms with Crippen molar-refractivity contribution in [2.24, 2.45) is 0 Å². The number of fused-ring (bicyclic) bond motifs is 2. The zero-order valence-corrected chi connectivity index (χ0v) is 16.5. The topological polar surface area (TPSA) is 111 Å². The molecule has 0 bridgehead atoms. The molecule has 4 aromatic heterocycles. The summed E-state index contributed by atoms with van der Waals surface area (Å²) in [7, 11) is 0. The molecule has 0 aliphatic carbocycles. The number of anilines is 1. The summed E-state index contributed by atoms with van der Waals surface area (Å²) in [5, 5.41) is 18.3. The van der Waals surface area contributed by atoms with Gasteiger partial charge in [0.25, 0.3) is 5.56 Å². The van der Waals surface area contributed by atoms with E-state index in [1.165, 1.54) is 6.33 Å². The summed E-state index contributed by atoms with van der Waals surface area (Å²) in [6.07, 6.45) is -2.66. The standard InChI is InChI=1S/C18H17F3N8O2/c1-10(2)16-26-28(17(31)13-5-12(25-29(13)16)6-18(19,20)21)8-15(30)23-11-3-4-14-24-22-9-27(14)7-11/h3-5,7,9-10H,6,8H2,1-2H3,(H,23,30). The second-order valence-corrected chi connectivity index (χ2v) is 7.26. The van der Waals surface area contributed by atoms with Gasteiger partial charge in [0.05, 0.1) is 17.8 Å². The van der Waals surface area contributed by atoms with E-state index in [2.05, 4.69) is 25.7 Å². The summed E-state index contributed by atoms with van der Waals surface area (Å²) < 4.78 is 41.9. The third-order valence-corrected chi connectivity index (χ3v) is 4.42. The molecule has 0 aliphatic rings. The Bertz CT molecular complexity index is 1340. The fraction of sp³-hybridized carbons (Fsp3) is 0.333. The van der Waals surface area contributed by atoms with Crippen LogP contribution in [0.1, 0.15) is 31.3 Å². The predicted octanol–water partition coefficient (Wildman–Crippen LogP) is 1.80. The summed E-state index contributed by atoms with van der Waals surface area (Å²) in [5.41, 5.74) is -0.0326. The Balaban J connectivity index is 1.65. The minimum Gasteiger partial charge on any atom is -0.323 e.